The van der Waals surface area contributed by atoms with Crippen LogP contribution in [0.1, 0.15) is 13.8 Å². The molecule has 0 aliphatic carbocycles. The molecule has 0 heterocycles. The summed E-state index contributed by atoms with van der Waals surface area (Å²) < 4.78 is 21.5. The first-order chi connectivity index (χ1) is 5.10. The van der Waals surface area contributed by atoms with Gasteiger partial charge in [0, 0.05) is 13.8 Å². The summed E-state index contributed by atoms with van der Waals surface area (Å²) in [6, 6.07) is 1.73. The molecule has 1 unspecified atom stereocenters. The topological polar surface area (TPSA) is 35.5 Å². The molecule has 11 heavy (non-hydrogen) atoms. The van der Waals surface area contributed by atoms with Crippen LogP contribution >= 0.6 is 8.03 Å². The van der Waals surface area contributed by atoms with E-state index in [4.69, 9.17) is 8.64 Å². The highest BCUT2D eigenvalue weighted by Gasteiger charge is 2.33. The number of rotatable bonds is 5. The monoisotopic (exact) mass is 196 g/mol. The fourth-order valence-corrected chi connectivity index (χ4v) is 5.65. The third-order valence-corrected chi connectivity index (χ3v) is 7.32. The van der Waals surface area contributed by atoms with E-state index in [9.17, 15) is 4.57 Å². The third-order valence-electron chi connectivity index (χ3n) is 1.78. The van der Waals surface area contributed by atoms with Crippen molar-refractivity contribution in [3.05, 3.63) is 0 Å². The van der Waals surface area contributed by atoms with Gasteiger partial charge in [-0.05, 0) is 12.1 Å². The molecule has 0 aliphatic heterocycles. The molecule has 0 spiro atoms. The van der Waals surface area contributed by atoms with Gasteiger partial charge < -0.3 is 8.64 Å². The summed E-state index contributed by atoms with van der Waals surface area (Å²) in [5.74, 6) is 0. The quantitative estimate of drug-likeness (QED) is 0.499. The van der Waals surface area contributed by atoms with Crippen LogP contribution in [0.4, 0.5) is 0 Å². The first-order valence-corrected chi connectivity index (χ1v) is 7.89. The average Bonchev–Trinajstić information content (AvgIpc) is 2.00. The van der Waals surface area contributed by atoms with Crippen molar-refractivity contribution in [3.8, 4) is 0 Å². The van der Waals surface area contributed by atoms with Crippen molar-refractivity contribution in [3.63, 3.8) is 0 Å². The van der Waals surface area contributed by atoms with Crippen molar-refractivity contribution < 1.29 is 13.2 Å². The maximum Gasteiger partial charge on any atom is 0.342 e. The highest BCUT2D eigenvalue weighted by molar-refractivity contribution is 7.40. The van der Waals surface area contributed by atoms with Crippen molar-refractivity contribution in [2.75, 3.05) is 13.8 Å². The maximum absolute atomic E-state index is 10.9. The smallest absolute Gasteiger partial charge is 0.342 e. The molecule has 0 aromatic carbocycles. The second kappa shape index (κ2) is 5.09. The van der Waals surface area contributed by atoms with Gasteiger partial charge in [0.15, 0.2) is 8.03 Å². The molecule has 0 bridgehead atoms. The lowest BCUT2D eigenvalue weighted by atomic mass is 10.9. The summed E-state index contributed by atoms with van der Waals surface area (Å²) in [5, 5.41) is 0. The molecule has 0 saturated carbocycles. The second-order valence-corrected chi connectivity index (χ2v) is 7.86. The van der Waals surface area contributed by atoms with Crippen LogP contribution in [0.25, 0.3) is 0 Å². The molecule has 1 atom stereocenters. The Morgan fingerprint density at radius 2 is 1.82 bits per heavy atom. The highest BCUT2D eigenvalue weighted by atomic mass is 31.1. The van der Waals surface area contributed by atoms with Crippen LogP contribution in [-0.4, -0.2) is 22.3 Å². The molecule has 0 fully saturated rings. The van der Waals surface area contributed by atoms with Gasteiger partial charge in [0.05, 0.1) is 0 Å². The van der Waals surface area contributed by atoms with Crippen molar-refractivity contribution >= 4 is 16.6 Å². The van der Waals surface area contributed by atoms with Crippen LogP contribution in [0.15, 0.2) is 0 Å². The molecule has 0 aromatic rings. The fraction of sp³-hybridized carbons (Fsp3) is 1.00. The van der Waals surface area contributed by atoms with E-state index in [2.05, 4.69) is 0 Å². The van der Waals surface area contributed by atoms with Crippen LogP contribution in [0.5, 0.6) is 0 Å². The van der Waals surface area contributed by atoms with E-state index in [1.54, 1.807) is 13.8 Å². The number of hydrogen-bond acceptors (Lipinski definition) is 3. The lowest BCUT2D eigenvalue weighted by molar-refractivity contribution is 0.305. The molecular formula is C6H17O3PSi. The van der Waals surface area contributed by atoms with E-state index in [1.807, 2.05) is 13.8 Å². The summed E-state index contributed by atoms with van der Waals surface area (Å²) >= 11 is 0. The van der Waals surface area contributed by atoms with Gasteiger partial charge in [-0.1, -0.05) is 13.8 Å². The van der Waals surface area contributed by atoms with Gasteiger partial charge in [-0.25, -0.2) is 0 Å². The van der Waals surface area contributed by atoms with Crippen LogP contribution in [0.3, 0.4) is 0 Å². The summed E-state index contributed by atoms with van der Waals surface area (Å²) in [4.78, 5) is 0. The summed E-state index contributed by atoms with van der Waals surface area (Å²) in [7, 11) is -2.25. The van der Waals surface area contributed by atoms with E-state index in [1.165, 1.54) is 0 Å². The van der Waals surface area contributed by atoms with Gasteiger partial charge in [0.1, 0.15) is 0 Å². The SMILES string of the molecule is CC[Si](CC)(OC)O[PH](C)=O. The first kappa shape index (κ1) is 11.4. The Labute approximate surface area is 70.2 Å². The maximum atomic E-state index is 10.9. The van der Waals surface area contributed by atoms with Crippen molar-refractivity contribution in [1.82, 2.24) is 0 Å². The zero-order valence-electron chi connectivity index (χ0n) is 7.64. The van der Waals surface area contributed by atoms with Crippen molar-refractivity contribution in [2.45, 2.75) is 25.9 Å². The van der Waals surface area contributed by atoms with Crippen molar-refractivity contribution in [1.29, 1.82) is 0 Å². The average molecular weight is 196 g/mol. The molecule has 5 heteroatoms. The third kappa shape index (κ3) is 3.52. The molecule has 0 saturated heterocycles. The molecule has 0 amide bonds. The molecule has 0 radical (unpaired) electrons. The Morgan fingerprint density at radius 1 is 1.36 bits per heavy atom. The zero-order chi connectivity index (χ0) is 8.91. The van der Waals surface area contributed by atoms with E-state index in [0.717, 1.165) is 12.1 Å². The Kier molecular flexibility index (Phi) is 5.26. The minimum atomic E-state index is -2.05. The Morgan fingerprint density at radius 3 is 1.91 bits per heavy atom. The van der Waals surface area contributed by atoms with Gasteiger partial charge in [0.25, 0.3) is 0 Å². The van der Waals surface area contributed by atoms with Crippen LogP contribution < -0.4 is 0 Å². The van der Waals surface area contributed by atoms with Gasteiger partial charge in [0.2, 0.25) is 0 Å². The van der Waals surface area contributed by atoms with Crippen molar-refractivity contribution in [2.24, 2.45) is 0 Å². The molecule has 0 rings (SSSR count). The largest absolute Gasteiger partial charge is 0.397 e. The lowest BCUT2D eigenvalue weighted by Gasteiger charge is -2.25. The molecule has 0 N–H and O–H groups in total. The molecule has 3 nitrogen and oxygen atoms in total. The van der Waals surface area contributed by atoms with Gasteiger partial charge in [-0.2, -0.15) is 0 Å². The Hall–Kier alpha value is 0.367. The zero-order valence-corrected chi connectivity index (χ0v) is 9.64. The first-order valence-electron chi connectivity index (χ1n) is 3.85. The fourth-order valence-electron chi connectivity index (χ4n) is 0.987. The van der Waals surface area contributed by atoms with Gasteiger partial charge >= 0.3 is 8.56 Å². The second-order valence-electron chi connectivity index (χ2n) is 2.42. The van der Waals surface area contributed by atoms with Crippen LogP contribution in [0, 0.1) is 0 Å². The van der Waals surface area contributed by atoms with Gasteiger partial charge in [-0.3, -0.25) is 4.57 Å². The van der Waals surface area contributed by atoms with Crippen LogP contribution in [0.2, 0.25) is 12.1 Å². The predicted molar refractivity (Wildman–Crippen MR) is 49.7 cm³/mol. The molecule has 0 aromatic heterocycles. The van der Waals surface area contributed by atoms with E-state index in [-0.39, 0.29) is 0 Å². The highest BCUT2D eigenvalue weighted by Crippen LogP contribution is 2.29. The predicted octanol–water partition coefficient (Wildman–Crippen LogP) is 2.24. The normalized spacial score (nSPS) is 14.9. The minimum Gasteiger partial charge on any atom is -0.397 e. The molecule has 68 valence electrons. The number of hydrogen-bond donors (Lipinski definition) is 0. The Bertz CT molecular complexity index is 128. The standard InChI is InChI=1S/C6H17O3PSi/c1-5-11(6-2,8-3)9-10(4)7/h10H,5-6H2,1-4H3. The molecular weight excluding hydrogens is 179 g/mol. The lowest BCUT2D eigenvalue weighted by Crippen LogP contribution is -2.37. The van der Waals surface area contributed by atoms with E-state index >= 15 is 0 Å². The van der Waals surface area contributed by atoms with Gasteiger partial charge in [-0.15, -0.1) is 0 Å². The summed E-state index contributed by atoms with van der Waals surface area (Å²) in [6.07, 6.45) is 0. The molecule has 0 aliphatic rings. The summed E-state index contributed by atoms with van der Waals surface area (Å²) in [6.45, 7) is 5.64. The summed E-state index contributed by atoms with van der Waals surface area (Å²) in [5.41, 5.74) is 0. The van der Waals surface area contributed by atoms with E-state index < -0.39 is 16.6 Å². The minimum absolute atomic E-state index is 0.865. The van der Waals surface area contributed by atoms with Crippen LogP contribution in [-0.2, 0) is 13.2 Å². The van der Waals surface area contributed by atoms with E-state index in [0.29, 0.717) is 0 Å². The Balaban J connectivity index is 4.16.